The second kappa shape index (κ2) is 7.24. The lowest BCUT2D eigenvalue weighted by molar-refractivity contribution is 0.152. The van der Waals surface area contributed by atoms with E-state index in [9.17, 15) is 0 Å². The van der Waals surface area contributed by atoms with E-state index in [1.54, 1.807) is 0 Å². The van der Waals surface area contributed by atoms with Gasteiger partial charge in [-0.05, 0) is 32.9 Å². The fourth-order valence-electron chi connectivity index (χ4n) is 2.71. The molecule has 2 nitrogen and oxygen atoms in total. The quantitative estimate of drug-likeness (QED) is 0.653. The van der Waals surface area contributed by atoms with Crippen LogP contribution in [0.1, 0.15) is 52.9 Å². The maximum Gasteiger partial charge on any atom is 0.0235 e. The minimum atomic E-state index is 0.770. The number of hydrogen-bond donors (Lipinski definition) is 1. The normalized spacial score (nSPS) is 23.6. The molecule has 0 saturated carbocycles. The summed E-state index contributed by atoms with van der Waals surface area (Å²) in [7, 11) is 0. The van der Waals surface area contributed by atoms with Crippen LogP contribution < -0.4 is 5.32 Å². The first-order valence-corrected chi connectivity index (χ1v) is 6.76. The third kappa shape index (κ3) is 4.12. The number of nitrogens with zero attached hydrogens (tertiary/aromatic N) is 1. The van der Waals surface area contributed by atoms with E-state index in [0.717, 1.165) is 12.1 Å². The van der Waals surface area contributed by atoms with Gasteiger partial charge in [-0.2, -0.15) is 0 Å². The Bertz CT molecular complexity index is 153. The summed E-state index contributed by atoms with van der Waals surface area (Å²) in [6.45, 7) is 10.6. The summed E-state index contributed by atoms with van der Waals surface area (Å²) >= 11 is 0. The van der Waals surface area contributed by atoms with Crippen molar-refractivity contribution in [2.24, 2.45) is 0 Å². The molecule has 0 aliphatic carbocycles. The summed E-state index contributed by atoms with van der Waals surface area (Å²) in [4.78, 5) is 2.69. The van der Waals surface area contributed by atoms with Crippen molar-refractivity contribution in [3.8, 4) is 0 Å². The van der Waals surface area contributed by atoms with E-state index in [4.69, 9.17) is 0 Å². The summed E-state index contributed by atoms with van der Waals surface area (Å²) in [6, 6.07) is 1.57. The van der Waals surface area contributed by atoms with Crippen molar-refractivity contribution in [3.05, 3.63) is 0 Å². The number of nitrogens with one attached hydrogen (secondary N) is 1. The highest BCUT2D eigenvalue weighted by atomic mass is 15.2. The van der Waals surface area contributed by atoms with Crippen LogP contribution in [0.2, 0.25) is 0 Å². The first-order chi connectivity index (χ1) is 7.29. The lowest BCUT2D eigenvalue weighted by Gasteiger charge is -2.33. The van der Waals surface area contributed by atoms with Gasteiger partial charge in [-0.1, -0.05) is 33.1 Å². The van der Waals surface area contributed by atoms with E-state index >= 15 is 0 Å². The van der Waals surface area contributed by atoms with Gasteiger partial charge in [-0.3, -0.25) is 4.90 Å². The lowest BCUT2D eigenvalue weighted by Crippen LogP contribution is -2.42. The van der Waals surface area contributed by atoms with Gasteiger partial charge in [0.25, 0.3) is 0 Å². The molecule has 0 aromatic rings. The molecule has 1 saturated heterocycles. The van der Waals surface area contributed by atoms with Gasteiger partial charge in [0.2, 0.25) is 0 Å². The van der Waals surface area contributed by atoms with Gasteiger partial charge in [-0.25, -0.2) is 0 Å². The molecule has 2 unspecified atom stereocenters. The SMILES string of the molecule is CCCCCC(C)N(CC)C1CCNC1. The Morgan fingerprint density at radius 3 is 2.67 bits per heavy atom. The molecule has 2 atom stereocenters. The van der Waals surface area contributed by atoms with Gasteiger partial charge in [-0.15, -0.1) is 0 Å². The fraction of sp³-hybridized carbons (Fsp3) is 1.00. The minimum absolute atomic E-state index is 0.770. The zero-order valence-corrected chi connectivity index (χ0v) is 10.8. The maximum absolute atomic E-state index is 3.47. The molecule has 2 heteroatoms. The van der Waals surface area contributed by atoms with Crippen molar-refractivity contribution < 1.29 is 0 Å². The average Bonchev–Trinajstić information content (AvgIpc) is 2.73. The van der Waals surface area contributed by atoms with Gasteiger partial charge >= 0.3 is 0 Å². The summed E-state index contributed by atoms with van der Waals surface area (Å²) < 4.78 is 0. The smallest absolute Gasteiger partial charge is 0.0235 e. The van der Waals surface area contributed by atoms with Gasteiger partial charge in [0.1, 0.15) is 0 Å². The maximum atomic E-state index is 3.47. The van der Waals surface area contributed by atoms with Gasteiger partial charge in [0, 0.05) is 18.6 Å². The number of likely N-dealkylation sites (N-methyl/N-ethyl adjacent to an activating group) is 1. The molecule has 0 radical (unpaired) electrons. The van der Waals surface area contributed by atoms with E-state index < -0.39 is 0 Å². The molecule has 1 aliphatic rings. The predicted octanol–water partition coefficient (Wildman–Crippen LogP) is 2.64. The molecule has 90 valence electrons. The van der Waals surface area contributed by atoms with E-state index in [-0.39, 0.29) is 0 Å². The van der Waals surface area contributed by atoms with Crippen molar-refractivity contribution in [2.45, 2.75) is 65.0 Å². The van der Waals surface area contributed by atoms with Crippen molar-refractivity contribution in [2.75, 3.05) is 19.6 Å². The fourth-order valence-corrected chi connectivity index (χ4v) is 2.71. The van der Waals surface area contributed by atoms with E-state index in [2.05, 4.69) is 31.0 Å². The van der Waals surface area contributed by atoms with Crippen LogP contribution in [0.5, 0.6) is 0 Å². The third-order valence-electron chi connectivity index (χ3n) is 3.66. The second-order valence-electron chi connectivity index (χ2n) is 4.82. The van der Waals surface area contributed by atoms with Crippen molar-refractivity contribution in [1.82, 2.24) is 10.2 Å². The Labute approximate surface area is 95.4 Å². The Morgan fingerprint density at radius 1 is 1.33 bits per heavy atom. The summed E-state index contributed by atoms with van der Waals surface area (Å²) in [5, 5.41) is 3.47. The predicted molar refractivity (Wildman–Crippen MR) is 67.3 cm³/mol. The van der Waals surface area contributed by atoms with Crippen LogP contribution in [0, 0.1) is 0 Å². The van der Waals surface area contributed by atoms with Gasteiger partial charge in [0.15, 0.2) is 0 Å². The average molecular weight is 212 g/mol. The molecular formula is C13H28N2. The van der Waals surface area contributed by atoms with Crippen LogP contribution in [0.4, 0.5) is 0 Å². The summed E-state index contributed by atoms with van der Waals surface area (Å²) in [6.07, 6.45) is 6.84. The Balaban J connectivity index is 2.28. The van der Waals surface area contributed by atoms with Gasteiger partial charge in [0.05, 0.1) is 0 Å². The van der Waals surface area contributed by atoms with Crippen molar-refractivity contribution in [3.63, 3.8) is 0 Å². The highest BCUT2D eigenvalue weighted by Crippen LogP contribution is 2.16. The van der Waals surface area contributed by atoms with E-state index in [1.807, 2.05) is 0 Å². The molecule has 1 fully saturated rings. The molecule has 0 aromatic carbocycles. The number of unbranched alkanes of at least 4 members (excludes halogenated alkanes) is 2. The van der Waals surface area contributed by atoms with Gasteiger partial charge < -0.3 is 5.32 Å². The molecule has 0 spiro atoms. The lowest BCUT2D eigenvalue weighted by atomic mass is 10.1. The number of hydrogen-bond acceptors (Lipinski definition) is 2. The first kappa shape index (κ1) is 13.0. The standard InChI is InChI=1S/C13H28N2/c1-4-6-7-8-12(3)15(5-2)13-9-10-14-11-13/h12-14H,4-11H2,1-3H3. The summed E-state index contributed by atoms with van der Waals surface area (Å²) in [5.74, 6) is 0. The number of rotatable bonds is 7. The van der Waals surface area contributed by atoms with Crippen LogP contribution in [-0.2, 0) is 0 Å². The van der Waals surface area contributed by atoms with Crippen LogP contribution in [0.25, 0.3) is 0 Å². The molecule has 0 bridgehead atoms. The molecular weight excluding hydrogens is 184 g/mol. The van der Waals surface area contributed by atoms with Crippen LogP contribution in [0.3, 0.4) is 0 Å². The van der Waals surface area contributed by atoms with E-state index in [0.29, 0.717) is 0 Å². The Kier molecular flexibility index (Phi) is 6.26. The highest BCUT2D eigenvalue weighted by Gasteiger charge is 2.24. The highest BCUT2D eigenvalue weighted by molar-refractivity contribution is 4.83. The summed E-state index contributed by atoms with van der Waals surface area (Å²) in [5.41, 5.74) is 0. The molecule has 1 N–H and O–H groups in total. The Hall–Kier alpha value is -0.0800. The van der Waals surface area contributed by atoms with Crippen LogP contribution in [0.15, 0.2) is 0 Å². The van der Waals surface area contributed by atoms with Crippen LogP contribution >= 0.6 is 0 Å². The molecule has 0 amide bonds. The molecule has 1 aliphatic heterocycles. The van der Waals surface area contributed by atoms with Crippen molar-refractivity contribution >= 4 is 0 Å². The minimum Gasteiger partial charge on any atom is -0.315 e. The zero-order chi connectivity index (χ0) is 11.1. The molecule has 1 heterocycles. The van der Waals surface area contributed by atoms with E-state index in [1.165, 1.54) is 51.7 Å². The monoisotopic (exact) mass is 212 g/mol. The third-order valence-corrected chi connectivity index (χ3v) is 3.66. The topological polar surface area (TPSA) is 15.3 Å². The molecule has 15 heavy (non-hydrogen) atoms. The largest absolute Gasteiger partial charge is 0.315 e. The van der Waals surface area contributed by atoms with Crippen molar-refractivity contribution in [1.29, 1.82) is 0 Å². The zero-order valence-electron chi connectivity index (χ0n) is 10.8. The molecule has 1 rings (SSSR count). The Morgan fingerprint density at radius 2 is 2.13 bits per heavy atom. The molecule has 0 aromatic heterocycles. The second-order valence-corrected chi connectivity index (χ2v) is 4.82. The van der Waals surface area contributed by atoms with Crippen LogP contribution in [-0.4, -0.2) is 36.6 Å². The first-order valence-electron chi connectivity index (χ1n) is 6.76.